The molecule has 0 saturated carbocycles. The Morgan fingerprint density at radius 3 is 2.54 bits per heavy atom. The highest BCUT2D eigenvalue weighted by atomic mass is 16.6. The number of amides is 1. The van der Waals surface area contributed by atoms with Gasteiger partial charge in [-0.2, -0.15) is 0 Å². The molecule has 0 unspecified atom stereocenters. The molecule has 1 N–H and O–H groups in total. The minimum atomic E-state index is -0.494. The highest BCUT2D eigenvalue weighted by molar-refractivity contribution is 6.13. The Kier molecular flexibility index (Phi) is 3.91. The molecule has 122 valence electrons. The quantitative estimate of drug-likeness (QED) is 0.579. The van der Waals surface area contributed by atoms with Crippen LogP contribution in [0.1, 0.15) is 16.1 Å². The van der Waals surface area contributed by atoms with Crippen molar-refractivity contribution in [1.82, 2.24) is 0 Å². The molecule has 7 heteroatoms. The number of furan rings is 1. The van der Waals surface area contributed by atoms with Gasteiger partial charge >= 0.3 is 0 Å². The number of benzene rings is 2. The van der Waals surface area contributed by atoms with Gasteiger partial charge in [0.2, 0.25) is 0 Å². The van der Waals surface area contributed by atoms with Crippen LogP contribution in [0.15, 0.2) is 46.9 Å². The maximum atomic E-state index is 12.6. The average Bonchev–Trinajstić information content (AvgIpc) is 2.90. The molecule has 0 saturated heterocycles. The topological polar surface area (TPSA) is 94.6 Å². The molecule has 1 amide bonds. The molecule has 0 aliphatic carbocycles. The first kappa shape index (κ1) is 15.5. The number of anilines is 1. The fourth-order valence-electron chi connectivity index (χ4n) is 2.47. The lowest BCUT2D eigenvalue weighted by Gasteiger charge is -2.05. The van der Waals surface area contributed by atoms with Crippen molar-refractivity contribution >= 4 is 28.3 Å². The van der Waals surface area contributed by atoms with Gasteiger partial charge in [0.05, 0.1) is 17.6 Å². The summed E-state index contributed by atoms with van der Waals surface area (Å²) in [6.07, 6.45) is 0. The molecule has 0 spiro atoms. The number of non-ortho nitro benzene ring substituents is 1. The second kappa shape index (κ2) is 6.04. The van der Waals surface area contributed by atoms with Gasteiger partial charge in [-0.3, -0.25) is 14.9 Å². The minimum Gasteiger partial charge on any atom is -0.497 e. The monoisotopic (exact) mass is 326 g/mol. The van der Waals surface area contributed by atoms with E-state index in [1.54, 1.807) is 32.2 Å². The normalized spacial score (nSPS) is 10.6. The summed E-state index contributed by atoms with van der Waals surface area (Å²) in [6.45, 7) is 1.71. The third-order valence-corrected chi connectivity index (χ3v) is 3.63. The highest BCUT2D eigenvalue weighted by Gasteiger charge is 2.19. The molecule has 24 heavy (non-hydrogen) atoms. The van der Waals surface area contributed by atoms with Gasteiger partial charge in [0.15, 0.2) is 0 Å². The molecule has 0 fully saturated rings. The van der Waals surface area contributed by atoms with Crippen molar-refractivity contribution in [1.29, 1.82) is 0 Å². The van der Waals surface area contributed by atoms with Crippen LogP contribution in [-0.2, 0) is 0 Å². The largest absolute Gasteiger partial charge is 0.497 e. The van der Waals surface area contributed by atoms with E-state index in [-0.39, 0.29) is 11.6 Å². The second-order valence-corrected chi connectivity index (χ2v) is 5.15. The van der Waals surface area contributed by atoms with Crippen molar-refractivity contribution in [3.05, 3.63) is 63.9 Å². The van der Waals surface area contributed by atoms with Gasteiger partial charge in [0.25, 0.3) is 11.6 Å². The van der Waals surface area contributed by atoms with Crippen molar-refractivity contribution in [2.75, 3.05) is 12.4 Å². The van der Waals surface area contributed by atoms with E-state index in [9.17, 15) is 14.9 Å². The van der Waals surface area contributed by atoms with Gasteiger partial charge in [0, 0.05) is 23.2 Å². The standard InChI is InChI=1S/C17H14N2O5/c1-10-16(14-9-13(23-2)7-8-15(14)24-10)17(20)18-11-3-5-12(6-4-11)19(21)22/h3-9H,1-2H3,(H,18,20). The van der Waals surface area contributed by atoms with Gasteiger partial charge in [-0.25, -0.2) is 0 Å². The molecule has 0 aliphatic rings. The van der Waals surface area contributed by atoms with E-state index in [1.807, 2.05) is 0 Å². The Bertz CT molecular complexity index is 928. The van der Waals surface area contributed by atoms with Crippen molar-refractivity contribution in [2.45, 2.75) is 6.92 Å². The number of nitro groups is 1. The van der Waals surface area contributed by atoms with Crippen LogP contribution in [0.2, 0.25) is 0 Å². The Morgan fingerprint density at radius 1 is 1.21 bits per heavy atom. The van der Waals surface area contributed by atoms with E-state index in [0.29, 0.717) is 33.7 Å². The van der Waals surface area contributed by atoms with Crippen molar-refractivity contribution in [3.63, 3.8) is 0 Å². The van der Waals surface area contributed by atoms with Crippen LogP contribution in [-0.4, -0.2) is 17.9 Å². The van der Waals surface area contributed by atoms with E-state index in [2.05, 4.69) is 5.32 Å². The maximum absolute atomic E-state index is 12.6. The lowest BCUT2D eigenvalue weighted by Crippen LogP contribution is -2.12. The number of carbonyl (C=O) groups is 1. The van der Waals surface area contributed by atoms with Crippen LogP contribution in [0.25, 0.3) is 11.0 Å². The molecule has 0 atom stereocenters. The number of methoxy groups -OCH3 is 1. The number of nitro benzene ring substituents is 1. The fourth-order valence-corrected chi connectivity index (χ4v) is 2.47. The number of aryl methyl sites for hydroxylation is 1. The summed E-state index contributed by atoms with van der Waals surface area (Å²) in [5.41, 5.74) is 1.41. The molecule has 7 nitrogen and oxygen atoms in total. The van der Waals surface area contributed by atoms with E-state index in [1.165, 1.54) is 24.3 Å². The fraction of sp³-hybridized carbons (Fsp3) is 0.118. The molecule has 3 rings (SSSR count). The average molecular weight is 326 g/mol. The van der Waals surface area contributed by atoms with Crippen LogP contribution in [0.4, 0.5) is 11.4 Å². The predicted molar refractivity (Wildman–Crippen MR) is 88.6 cm³/mol. The number of nitrogens with zero attached hydrogens (tertiary/aromatic N) is 1. The third-order valence-electron chi connectivity index (χ3n) is 3.63. The van der Waals surface area contributed by atoms with Gasteiger partial charge in [0.1, 0.15) is 17.1 Å². The van der Waals surface area contributed by atoms with Crippen LogP contribution < -0.4 is 10.1 Å². The molecule has 1 aromatic heterocycles. The number of carbonyl (C=O) groups excluding carboxylic acids is 1. The number of rotatable bonds is 4. The number of hydrogen-bond donors (Lipinski definition) is 1. The second-order valence-electron chi connectivity index (χ2n) is 5.15. The van der Waals surface area contributed by atoms with Crippen LogP contribution in [0.3, 0.4) is 0 Å². The summed E-state index contributed by atoms with van der Waals surface area (Å²) in [5, 5.41) is 14.0. The summed E-state index contributed by atoms with van der Waals surface area (Å²) in [4.78, 5) is 22.8. The molecule has 0 bridgehead atoms. The zero-order valence-corrected chi connectivity index (χ0v) is 13.0. The van der Waals surface area contributed by atoms with E-state index in [0.717, 1.165) is 0 Å². The number of hydrogen-bond acceptors (Lipinski definition) is 5. The zero-order valence-electron chi connectivity index (χ0n) is 13.0. The molecule has 3 aromatic rings. The van der Waals surface area contributed by atoms with Crippen molar-refractivity contribution in [2.24, 2.45) is 0 Å². The molecule has 0 aliphatic heterocycles. The lowest BCUT2D eigenvalue weighted by molar-refractivity contribution is -0.384. The van der Waals surface area contributed by atoms with Gasteiger partial charge in [-0.1, -0.05) is 0 Å². The van der Waals surface area contributed by atoms with Crippen molar-refractivity contribution < 1.29 is 18.9 Å². The Balaban J connectivity index is 1.93. The number of fused-ring (bicyclic) bond motifs is 1. The zero-order chi connectivity index (χ0) is 17.3. The van der Waals surface area contributed by atoms with Gasteiger partial charge in [-0.15, -0.1) is 0 Å². The number of nitrogens with one attached hydrogen (secondary N) is 1. The van der Waals surface area contributed by atoms with Gasteiger partial charge in [-0.05, 0) is 37.3 Å². The summed E-state index contributed by atoms with van der Waals surface area (Å²) in [6, 6.07) is 10.9. The first-order valence-electron chi connectivity index (χ1n) is 7.12. The van der Waals surface area contributed by atoms with Crippen LogP contribution in [0.5, 0.6) is 5.75 Å². The molecular weight excluding hydrogens is 312 g/mol. The molecule has 1 heterocycles. The van der Waals surface area contributed by atoms with Gasteiger partial charge < -0.3 is 14.5 Å². The Morgan fingerprint density at radius 2 is 1.92 bits per heavy atom. The lowest BCUT2D eigenvalue weighted by atomic mass is 10.1. The summed E-state index contributed by atoms with van der Waals surface area (Å²) >= 11 is 0. The third kappa shape index (κ3) is 2.79. The maximum Gasteiger partial charge on any atom is 0.269 e. The highest BCUT2D eigenvalue weighted by Crippen LogP contribution is 2.29. The van der Waals surface area contributed by atoms with E-state index < -0.39 is 4.92 Å². The molecular formula is C17H14N2O5. The van der Waals surface area contributed by atoms with Crippen LogP contribution >= 0.6 is 0 Å². The number of ether oxygens (including phenoxy) is 1. The van der Waals surface area contributed by atoms with Crippen LogP contribution in [0, 0.1) is 17.0 Å². The molecule has 0 radical (unpaired) electrons. The first-order chi connectivity index (χ1) is 11.5. The summed E-state index contributed by atoms with van der Waals surface area (Å²) < 4.78 is 10.8. The first-order valence-corrected chi connectivity index (χ1v) is 7.12. The smallest absolute Gasteiger partial charge is 0.269 e. The summed E-state index contributed by atoms with van der Waals surface area (Å²) in [7, 11) is 1.55. The SMILES string of the molecule is COc1ccc2oc(C)c(C(=O)Nc3ccc([N+](=O)[O-])cc3)c2c1. The Hall–Kier alpha value is -3.35. The predicted octanol–water partition coefficient (Wildman–Crippen LogP) is 3.91. The minimum absolute atomic E-state index is 0.0392. The van der Waals surface area contributed by atoms with E-state index >= 15 is 0 Å². The summed E-state index contributed by atoms with van der Waals surface area (Å²) in [5.74, 6) is 0.749. The Labute approximate surface area is 137 Å². The van der Waals surface area contributed by atoms with E-state index in [4.69, 9.17) is 9.15 Å². The molecule has 2 aromatic carbocycles. The van der Waals surface area contributed by atoms with Crippen molar-refractivity contribution in [3.8, 4) is 5.75 Å².